The minimum Gasteiger partial charge on any atom is -0.464 e. The zero-order valence-corrected chi connectivity index (χ0v) is 21.5. The zero-order chi connectivity index (χ0) is 26.9. The van der Waals surface area contributed by atoms with Crippen molar-refractivity contribution >= 4 is 23.8 Å². The van der Waals surface area contributed by atoms with Crippen molar-refractivity contribution < 1.29 is 47.6 Å². The summed E-state index contributed by atoms with van der Waals surface area (Å²) < 4.78 is 33.7. The van der Waals surface area contributed by atoms with Crippen LogP contribution in [0.15, 0.2) is 24.3 Å². The SMILES string of the molecule is CCOC(=O)C1OC2(OCc3ccc(COC45CCCN4C(=O)C(C(=O)OCC)O5)cc3)CCCN2C1=O. The molecule has 12 heteroatoms. The molecule has 0 aliphatic carbocycles. The molecule has 5 rings (SSSR count). The first-order valence-electron chi connectivity index (χ1n) is 13.0. The van der Waals surface area contributed by atoms with Crippen LogP contribution in [-0.4, -0.2) is 83.9 Å². The van der Waals surface area contributed by atoms with E-state index in [9.17, 15) is 19.2 Å². The molecule has 0 spiro atoms. The summed E-state index contributed by atoms with van der Waals surface area (Å²) in [7, 11) is 0. The Morgan fingerprint density at radius 2 is 1.18 bits per heavy atom. The molecule has 1 aromatic carbocycles. The Labute approximate surface area is 220 Å². The van der Waals surface area contributed by atoms with Gasteiger partial charge in [0.05, 0.1) is 26.4 Å². The van der Waals surface area contributed by atoms with Gasteiger partial charge in [0, 0.05) is 25.9 Å². The lowest BCUT2D eigenvalue weighted by Gasteiger charge is -2.30. The number of ether oxygens (including phenoxy) is 6. The fourth-order valence-corrected chi connectivity index (χ4v) is 5.31. The number of rotatable bonds is 10. The highest BCUT2D eigenvalue weighted by molar-refractivity contribution is 6.03. The van der Waals surface area contributed by atoms with Crippen molar-refractivity contribution in [3.8, 4) is 0 Å². The van der Waals surface area contributed by atoms with Crippen LogP contribution in [0.1, 0.15) is 50.7 Å². The van der Waals surface area contributed by atoms with Crippen LogP contribution in [0.5, 0.6) is 0 Å². The van der Waals surface area contributed by atoms with Crippen LogP contribution in [0.3, 0.4) is 0 Å². The highest BCUT2D eigenvalue weighted by atomic mass is 16.8. The molecule has 12 nitrogen and oxygen atoms in total. The lowest BCUT2D eigenvalue weighted by molar-refractivity contribution is -0.277. The van der Waals surface area contributed by atoms with Crippen LogP contribution in [-0.2, 0) is 60.8 Å². The van der Waals surface area contributed by atoms with E-state index in [-0.39, 0.29) is 26.4 Å². The molecule has 0 radical (unpaired) electrons. The lowest BCUT2D eigenvalue weighted by atomic mass is 10.1. The van der Waals surface area contributed by atoms with Gasteiger partial charge in [-0.15, -0.1) is 0 Å². The molecule has 4 atom stereocenters. The Morgan fingerprint density at radius 3 is 1.55 bits per heavy atom. The average Bonchev–Trinajstić information content (AvgIpc) is 3.64. The summed E-state index contributed by atoms with van der Waals surface area (Å²) >= 11 is 0. The van der Waals surface area contributed by atoms with Crippen molar-refractivity contribution in [2.24, 2.45) is 0 Å². The van der Waals surface area contributed by atoms with Gasteiger partial charge < -0.3 is 28.4 Å². The van der Waals surface area contributed by atoms with Gasteiger partial charge in [-0.3, -0.25) is 19.4 Å². The largest absolute Gasteiger partial charge is 0.464 e. The molecule has 38 heavy (non-hydrogen) atoms. The van der Waals surface area contributed by atoms with Crippen molar-refractivity contribution in [1.82, 2.24) is 9.80 Å². The second-order valence-corrected chi connectivity index (χ2v) is 9.51. The standard InChI is InChI=1S/C26H32N2O10/c1-3-33-23(31)19-21(29)27-13-5-11-25(27,37-19)35-15-17-7-9-18(10-8-17)16-36-26-12-6-14-28(26)22(30)20(38-26)24(32)34-4-2/h7-10,19-20H,3-6,11-16H2,1-2H3. The third-order valence-electron chi connectivity index (χ3n) is 7.11. The van der Waals surface area contributed by atoms with E-state index in [4.69, 9.17) is 28.4 Å². The van der Waals surface area contributed by atoms with Crippen LogP contribution in [0.25, 0.3) is 0 Å². The number of hydrogen-bond acceptors (Lipinski definition) is 10. The van der Waals surface area contributed by atoms with E-state index in [0.717, 1.165) is 11.1 Å². The molecule has 0 aromatic heterocycles. The first-order chi connectivity index (χ1) is 18.3. The molecule has 4 aliphatic heterocycles. The van der Waals surface area contributed by atoms with Crippen LogP contribution in [0, 0.1) is 0 Å². The summed E-state index contributed by atoms with van der Waals surface area (Å²) in [5, 5.41) is 0. The summed E-state index contributed by atoms with van der Waals surface area (Å²) in [5.74, 6) is -4.84. The molecular formula is C26H32N2O10. The van der Waals surface area contributed by atoms with E-state index in [1.165, 1.54) is 9.80 Å². The average molecular weight is 533 g/mol. The van der Waals surface area contributed by atoms with Crippen LogP contribution >= 0.6 is 0 Å². The summed E-state index contributed by atoms with van der Waals surface area (Å²) in [4.78, 5) is 52.6. The predicted octanol–water partition coefficient (Wildman–Crippen LogP) is 1.20. The monoisotopic (exact) mass is 532 g/mol. The Kier molecular flexibility index (Phi) is 7.40. The molecule has 2 amide bonds. The molecule has 0 N–H and O–H groups in total. The van der Waals surface area contributed by atoms with Gasteiger partial charge in [0.2, 0.25) is 12.2 Å². The van der Waals surface area contributed by atoms with Gasteiger partial charge >= 0.3 is 11.9 Å². The predicted molar refractivity (Wildman–Crippen MR) is 126 cm³/mol. The highest BCUT2D eigenvalue weighted by Crippen LogP contribution is 2.41. The van der Waals surface area contributed by atoms with Crippen molar-refractivity contribution in [2.75, 3.05) is 26.3 Å². The maximum Gasteiger partial charge on any atom is 0.345 e. The smallest absolute Gasteiger partial charge is 0.345 e. The van der Waals surface area contributed by atoms with Crippen LogP contribution in [0.4, 0.5) is 0 Å². The fraction of sp³-hybridized carbons (Fsp3) is 0.615. The Balaban J connectivity index is 1.18. The van der Waals surface area contributed by atoms with Gasteiger partial charge in [0.1, 0.15) is 0 Å². The van der Waals surface area contributed by atoms with Crippen molar-refractivity contribution in [3.63, 3.8) is 0 Å². The Hall–Kier alpha value is -3.06. The molecule has 4 fully saturated rings. The van der Waals surface area contributed by atoms with Gasteiger partial charge in [-0.25, -0.2) is 9.59 Å². The molecule has 0 saturated carbocycles. The summed E-state index contributed by atoms with van der Waals surface area (Å²) in [6.07, 6.45) is -0.277. The van der Waals surface area contributed by atoms with Gasteiger partial charge in [-0.1, -0.05) is 24.3 Å². The second-order valence-electron chi connectivity index (χ2n) is 9.51. The molecular weight excluding hydrogens is 500 g/mol. The van der Waals surface area contributed by atoms with Crippen LogP contribution in [0.2, 0.25) is 0 Å². The van der Waals surface area contributed by atoms with Gasteiger partial charge in [0.25, 0.3) is 23.6 Å². The van der Waals surface area contributed by atoms with E-state index in [0.29, 0.717) is 38.8 Å². The number of nitrogens with zero attached hydrogens (tertiary/aromatic N) is 2. The van der Waals surface area contributed by atoms with Gasteiger partial charge in [0.15, 0.2) is 0 Å². The summed E-state index contributed by atoms with van der Waals surface area (Å²) in [6, 6.07) is 7.45. The second kappa shape index (κ2) is 10.6. The first-order valence-corrected chi connectivity index (χ1v) is 13.0. The van der Waals surface area contributed by atoms with E-state index in [1.807, 2.05) is 24.3 Å². The molecule has 4 heterocycles. The Morgan fingerprint density at radius 1 is 0.789 bits per heavy atom. The number of carbonyl (C=O) groups excluding carboxylic acids is 4. The van der Waals surface area contributed by atoms with Crippen molar-refractivity contribution in [1.29, 1.82) is 0 Å². The maximum absolute atomic E-state index is 12.7. The summed E-state index contributed by atoms with van der Waals surface area (Å²) in [5.41, 5.74) is 1.67. The lowest BCUT2D eigenvalue weighted by Crippen LogP contribution is -2.43. The normalized spacial score (nSPS) is 30.1. The fourth-order valence-electron chi connectivity index (χ4n) is 5.31. The number of hydrogen-bond donors (Lipinski definition) is 0. The van der Waals surface area contributed by atoms with E-state index < -0.39 is 47.8 Å². The Bertz CT molecular complexity index is 1010. The van der Waals surface area contributed by atoms with Gasteiger partial charge in [-0.2, -0.15) is 0 Å². The first kappa shape index (κ1) is 26.5. The highest BCUT2D eigenvalue weighted by Gasteiger charge is 2.60. The molecule has 4 saturated heterocycles. The number of carbonyl (C=O) groups is 4. The topological polar surface area (TPSA) is 130 Å². The molecule has 0 bridgehead atoms. The zero-order valence-electron chi connectivity index (χ0n) is 21.5. The number of fused-ring (bicyclic) bond motifs is 2. The van der Waals surface area contributed by atoms with Crippen molar-refractivity contribution in [3.05, 3.63) is 35.4 Å². The third kappa shape index (κ3) is 4.66. The molecule has 206 valence electrons. The minimum atomic E-state index is -1.31. The number of amides is 2. The molecule has 4 aliphatic rings. The van der Waals surface area contributed by atoms with Crippen LogP contribution < -0.4 is 0 Å². The van der Waals surface area contributed by atoms with E-state index >= 15 is 0 Å². The quantitative estimate of drug-likeness (QED) is 0.320. The maximum atomic E-state index is 12.7. The minimum absolute atomic E-state index is 0.156. The van der Waals surface area contributed by atoms with Crippen molar-refractivity contribution in [2.45, 2.75) is 76.8 Å². The summed E-state index contributed by atoms with van der Waals surface area (Å²) in [6.45, 7) is 4.88. The number of esters is 2. The molecule has 4 unspecified atom stereocenters. The molecule has 1 aromatic rings. The van der Waals surface area contributed by atoms with Gasteiger partial charge in [-0.05, 0) is 37.8 Å². The number of benzene rings is 1. The van der Waals surface area contributed by atoms with E-state index in [1.54, 1.807) is 13.8 Å². The third-order valence-corrected chi connectivity index (χ3v) is 7.11. The van der Waals surface area contributed by atoms with E-state index in [2.05, 4.69) is 0 Å².